The second-order valence-electron chi connectivity index (χ2n) is 7.07. The van der Waals surface area contributed by atoms with Gasteiger partial charge in [-0.25, -0.2) is 0 Å². The van der Waals surface area contributed by atoms with Crippen LogP contribution >= 0.6 is 46.4 Å². The Hall–Kier alpha value is -2.39. The van der Waals surface area contributed by atoms with Crippen molar-refractivity contribution in [1.29, 1.82) is 0 Å². The van der Waals surface area contributed by atoms with Crippen LogP contribution in [0.15, 0.2) is 36.4 Å². The van der Waals surface area contributed by atoms with E-state index in [1.165, 1.54) is 28.0 Å². The fourth-order valence-electron chi connectivity index (χ4n) is 3.19. The van der Waals surface area contributed by atoms with Crippen LogP contribution < -0.4 is 15.2 Å². The van der Waals surface area contributed by atoms with Crippen LogP contribution in [0, 0.1) is 0 Å². The van der Waals surface area contributed by atoms with Crippen LogP contribution in [0.25, 0.3) is 0 Å². The summed E-state index contributed by atoms with van der Waals surface area (Å²) in [5, 5.41) is 1.38. The molecular formula is C21H19Cl4N3O5. The van der Waals surface area contributed by atoms with E-state index >= 15 is 0 Å². The standard InChI is InChI=1S/C21H19Cl4N3O5/c22-12-1-3-17(14(24)7-12)32-10-19(29)27-5-6-28(16(9-27)21(26)31)20(30)11-33-18-4-2-13(23)8-15(18)25/h1-4,7-8,16H,5-6,9-11H2,(H2,26,31). The molecule has 2 aromatic rings. The quantitative estimate of drug-likeness (QED) is 0.587. The number of ether oxygens (including phenoxy) is 2. The summed E-state index contributed by atoms with van der Waals surface area (Å²) in [5.74, 6) is -1.03. The third kappa shape index (κ3) is 6.57. The number of rotatable bonds is 7. The van der Waals surface area contributed by atoms with Gasteiger partial charge in [0.15, 0.2) is 13.2 Å². The van der Waals surface area contributed by atoms with Crippen LogP contribution in [0.2, 0.25) is 20.1 Å². The van der Waals surface area contributed by atoms with Crippen molar-refractivity contribution in [2.24, 2.45) is 5.73 Å². The van der Waals surface area contributed by atoms with Crippen LogP contribution in [-0.4, -0.2) is 66.4 Å². The molecule has 176 valence electrons. The van der Waals surface area contributed by atoms with Crippen LogP contribution in [0.1, 0.15) is 0 Å². The van der Waals surface area contributed by atoms with Gasteiger partial charge in [-0.3, -0.25) is 14.4 Å². The summed E-state index contributed by atoms with van der Waals surface area (Å²) in [6, 6.07) is 8.21. The highest BCUT2D eigenvalue weighted by molar-refractivity contribution is 6.36. The van der Waals surface area contributed by atoms with Gasteiger partial charge in [0.05, 0.1) is 16.6 Å². The van der Waals surface area contributed by atoms with Gasteiger partial charge in [-0.05, 0) is 36.4 Å². The van der Waals surface area contributed by atoms with E-state index in [0.717, 1.165) is 0 Å². The Morgan fingerprint density at radius 3 is 1.85 bits per heavy atom. The first-order valence-electron chi connectivity index (χ1n) is 9.68. The zero-order chi connectivity index (χ0) is 24.1. The first-order valence-corrected chi connectivity index (χ1v) is 11.2. The third-order valence-corrected chi connectivity index (χ3v) is 5.93. The van der Waals surface area contributed by atoms with E-state index in [0.29, 0.717) is 15.8 Å². The number of nitrogens with zero attached hydrogens (tertiary/aromatic N) is 2. The van der Waals surface area contributed by atoms with E-state index in [9.17, 15) is 14.4 Å². The minimum absolute atomic E-state index is 0.0701. The molecule has 2 N–H and O–H groups in total. The lowest BCUT2D eigenvalue weighted by Gasteiger charge is -2.39. The van der Waals surface area contributed by atoms with Crippen molar-refractivity contribution < 1.29 is 23.9 Å². The van der Waals surface area contributed by atoms with Gasteiger partial charge in [0.2, 0.25) is 5.91 Å². The first kappa shape index (κ1) is 25.2. The van der Waals surface area contributed by atoms with Gasteiger partial charge in [0.25, 0.3) is 11.8 Å². The number of carbonyl (C=O) groups is 3. The summed E-state index contributed by atoms with van der Waals surface area (Å²) in [7, 11) is 0. The van der Waals surface area contributed by atoms with Gasteiger partial charge in [-0.2, -0.15) is 0 Å². The molecule has 0 radical (unpaired) electrons. The predicted molar refractivity (Wildman–Crippen MR) is 125 cm³/mol. The zero-order valence-corrected chi connectivity index (χ0v) is 20.1. The van der Waals surface area contributed by atoms with Crippen molar-refractivity contribution in [1.82, 2.24) is 9.80 Å². The van der Waals surface area contributed by atoms with E-state index in [-0.39, 0.29) is 54.5 Å². The molecule has 1 aliphatic heterocycles. The van der Waals surface area contributed by atoms with E-state index in [2.05, 4.69) is 0 Å². The molecule has 2 aromatic carbocycles. The molecule has 3 amide bonds. The fraction of sp³-hybridized carbons (Fsp3) is 0.286. The summed E-state index contributed by atoms with van der Waals surface area (Å²) in [5.41, 5.74) is 5.50. The second-order valence-corrected chi connectivity index (χ2v) is 8.76. The molecule has 0 saturated carbocycles. The second kappa shape index (κ2) is 11.2. The third-order valence-electron chi connectivity index (χ3n) is 4.87. The SMILES string of the molecule is NC(=O)C1CN(C(=O)COc2ccc(Cl)cc2Cl)CCN1C(=O)COc1ccc(Cl)cc1Cl. The molecular weight excluding hydrogens is 516 g/mol. The lowest BCUT2D eigenvalue weighted by molar-refractivity contribution is -0.149. The summed E-state index contributed by atoms with van der Waals surface area (Å²) in [6.45, 7) is -0.457. The van der Waals surface area contributed by atoms with Crippen LogP contribution in [0.4, 0.5) is 0 Å². The number of nitrogens with two attached hydrogens (primary N) is 1. The smallest absolute Gasteiger partial charge is 0.261 e. The van der Waals surface area contributed by atoms with E-state index < -0.39 is 17.9 Å². The summed E-state index contributed by atoms with van der Waals surface area (Å²) >= 11 is 23.8. The molecule has 33 heavy (non-hydrogen) atoms. The Kier molecular flexibility index (Phi) is 8.53. The Morgan fingerprint density at radius 1 is 0.848 bits per heavy atom. The van der Waals surface area contributed by atoms with Crippen molar-refractivity contribution in [2.45, 2.75) is 6.04 Å². The molecule has 0 aliphatic carbocycles. The number of amides is 3. The van der Waals surface area contributed by atoms with E-state index in [1.807, 2.05) is 0 Å². The monoisotopic (exact) mass is 533 g/mol. The molecule has 1 aliphatic rings. The minimum atomic E-state index is -1.02. The number of hydrogen-bond donors (Lipinski definition) is 1. The number of benzene rings is 2. The maximum absolute atomic E-state index is 12.7. The molecule has 0 aromatic heterocycles. The van der Waals surface area contributed by atoms with Crippen molar-refractivity contribution >= 4 is 64.1 Å². The molecule has 1 fully saturated rings. The van der Waals surface area contributed by atoms with Crippen molar-refractivity contribution in [3.05, 3.63) is 56.5 Å². The number of hydrogen-bond acceptors (Lipinski definition) is 5. The maximum atomic E-state index is 12.7. The molecule has 8 nitrogen and oxygen atoms in total. The number of halogens is 4. The Morgan fingerprint density at radius 2 is 1.36 bits per heavy atom. The number of carbonyl (C=O) groups excluding carboxylic acids is 3. The lowest BCUT2D eigenvalue weighted by Crippen LogP contribution is -2.62. The molecule has 1 heterocycles. The van der Waals surface area contributed by atoms with Crippen LogP contribution in [-0.2, 0) is 14.4 Å². The average molecular weight is 535 g/mol. The fourth-order valence-corrected chi connectivity index (χ4v) is 4.12. The van der Waals surface area contributed by atoms with Crippen LogP contribution in [0.5, 0.6) is 11.5 Å². The normalized spacial score (nSPS) is 15.8. The van der Waals surface area contributed by atoms with Gasteiger partial charge < -0.3 is 25.0 Å². The zero-order valence-electron chi connectivity index (χ0n) is 17.1. The Bertz CT molecular complexity index is 1070. The van der Waals surface area contributed by atoms with Gasteiger partial charge >= 0.3 is 0 Å². The van der Waals surface area contributed by atoms with Gasteiger partial charge in [0.1, 0.15) is 17.5 Å². The van der Waals surface area contributed by atoms with Crippen molar-refractivity contribution in [3.8, 4) is 11.5 Å². The summed E-state index contributed by atoms with van der Waals surface area (Å²) < 4.78 is 10.9. The molecule has 1 atom stereocenters. The largest absolute Gasteiger partial charge is 0.482 e. The molecule has 3 rings (SSSR count). The predicted octanol–water partition coefficient (Wildman–Crippen LogP) is 3.28. The maximum Gasteiger partial charge on any atom is 0.261 e. The highest BCUT2D eigenvalue weighted by Crippen LogP contribution is 2.28. The van der Waals surface area contributed by atoms with Crippen LogP contribution in [0.3, 0.4) is 0 Å². The molecule has 12 heteroatoms. The average Bonchev–Trinajstić information content (AvgIpc) is 2.77. The molecule has 0 bridgehead atoms. The topological polar surface area (TPSA) is 102 Å². The van der Waals surface area contributed by atoms with Crippen molar-refractivity contribution in [2.75, 3.05) is 32.8 Å². The number of primary amides is 1. The lowest BCUT2D eigenvalue weighted by atomic mass is 10.1. The van der Waals surface area contributed by atoms with Gasteiger partial charge in [-0.1, -0.05) is 46.4 Å². The molecule has 1 unspecified atom stereocenters. The summed E-state index contributed by atoms with van der Waals surface area (Å²) in [6.07, 6.45) is 0. The molecule has 0 spiro atoms. The van der Waals surface area contributed by atoms with E-state index in [1.54, 1.807) is 18.2 Å². The van der Waals surface area contributed by atoms with Gasteiger partial charge in [-0.15, -0.1) is 0 Å². The van der Waals surface area contributed by atoms with Crippen molar-refractivity contribution in [3.63, 3.8) is 0 Å². The minimum Gasteiger partial charge on any atom is -0.482 e. The number of piperazine rings is 1. The van der Waals surface area contributed by atoms with E-state index in [4.69, 9.17) is 61.6 Å². The van der Waals surface area contributed by atoms with Gasteiger partial charge in [0, 0.05) is 23.1 Å². The Labute approximate surface area is 210 Å². The molecule has 1 saturated heterocycles. The summed E-state index contributed by atoms with van der Waals surface area (Å²) in [4.78, 5) is 40.0. The highest BCUT2D eigenvalue weighted by atomic mass is 35.5. The highest BCUT2D eigenvalue weighted by Gasteiger charge is 2.36. The Balaban J connectivity index is 1.58. The first-order chi connectivity index (χ1) is 15.7.